The lowest BCUT2D eigenvalue weighted by Gasteiger charge is -2.48. The molecule has 1 unspecified atom stereocenters. The molecular formula is C10H17NO. The van der Waals surface area contributed by atoms with Crippen molar-refractivity contribution in [3.8, 4) is 0 Å². The van der Waals surface area contributed by atoms with Crippen LogP contribution in [0.25, 0.3) is 0 Å². The van der Waals surface area contributed by atoms with Crippen molar-refractivity contribution >= 4 is 0 Å². The zero-order valence-electron chi connectivity index (χ0n) is 7.51. The molecule has 0 aromatic heterocycles. The Hall–Kier alpha value is -0.0800. The SMILES string of the molecule is C1CC2(C1)NCCC(C1CC1)O2. The molecule has 0 amide bonds. The van der Waals surface area contributed by atoms with Crippen molar-refractivity contribution in [2.24, 2.45) is 5.92 Å². The summed E-state index contributed by atoms with van der Waals surface area (Å²) in [5.74, 6) is 0.921. The fraction of sp³-hybridized carbons (Fsp3) is 1.00. The van der Waals surface area contributed by atoms with E-state index in [1.54, 1.807) is 0 Å². The average molecular weight is 167 g/mol. The maximum atomic E-state index is 6.12. The molecule has 0 radical (unpaired) electrons. The Balaban J connectivity index is 1.66. The monoisotopic (exact) mass is 167 g/mol. The van der Waals surface area contributed by atoms with Crippen LogP contribution >= 0.6 is 0 Å². The third-order valence-electron chi connectivity index (χ3n) is 3.56. The van der Waals surface area contributed by atoms with E-state index in [0.29, 0.717) is 6.10 Å². The van der Waals surface area contributed by atoms with Crippen LogP contribution in [0, 0.1) is 5.92 Å². The van der Waals surface area contributed by atoms with Crippen molar-refractivity contribution in [2.45, 2.75) is 50.4 Å². The molecule has 2 saturated carbocycles. The number of hydrogen-bond acceptors (Lipinski definition) is 2. The standard InChI is InChI=1S/C10H17NO/c1-5-10(6-1)11-7-4-9(12-10)8-2-3-8/h8-9,11H,1-7H2. The largest absolute Gasteiger partial charge is 0.357 e. The first-order valence-electron chi connectivity index (χ1n) is 5.31. The van der Waals surface area contributed by atoms with E-state index >= 15 is 0 Å². The van der Waals surface area contributed by atoms with Crippen LogP contribution < -0.4 is 5.32 Å². The van der Waals surface area contributed by atoms with Gasteiger partial charge in [0.25, 0.3) is 0 Å². The van der Waals surface area contributed by atoms with Crippen LogP contribution in [0.1, 0.15) is 38.5 Å². The second kappa shape index (κ2) is 2.46. The molecule has 2 nitrogen and oxygen atoms in total. The molecule has 1 spiro atoms. The second-order valence-electron chi connectivity index (χ2n) is 4.56. The quantitative estimate of drug-likeness (QED) is 0.641. The van der Waals surface area contributed by atoms with E-state index in [4.69, 9.17) is 4.74 Å². The zero-order chi connectivity index (χ0) is 8.02. The molecule has 2 aliphatic carbocycles. The summed E-state index contributed by atoms with van der Waals surface area (Å²) in [6, 6.07) is 0. The van der Waals surface area contributed by atoms with Crippen LogP contribution in [0.2, 0.25) is 0 Å². The summed E-state index contributed by atoms with van der Waals surface area (Å²) in [5, 5.41) is 3.52. The number of hydrogen-bond donors (Lipinski definition) is 1. The van der Waals surface area contributed by atoms with Crippen molar-refractivity contribution in [1.82, 2.24) is 5.32 Å². The molecule has 0 aromatic rings. The minimum Gasteiger partial charge on any atom is -0.357 e. The van der Waals surface area contributed by atoms with Gasteiger partial charge in [-0.1, -0.05) is 0 Å². The lowest BCUT2D eigenvalue weighted by molar-refractivity contribution is -0.188. The Bertz CT molecular complexity index is 184. The van der Waals surface area contributed by atoms with Gasteiger partial charge in [0, 0.05) is 6.54 Å². The molecule has 68 valence electrons. The van der Waals surface area contributed by atoms with Crippen molar-refractivity contribution in [2.75, 3.05) is 6.54 Å². The summed E-state index contributed by atoms with van der Waals surface area (Å²) in [4.78, 5) is 0. The Labute approximate surface area is 73.7 Å². The van der Waals surface area contributed by atoms with Crippen LogP contribution in [0.3, 0.4) is 0 Å². The van der Waals surface area contributed by atoms with E-state index in [-0.39, 0.29) is 5.72 Å². The molecule has 1 N–H and O–H groups in total. The minimum absolute atomic E-state index is 0.144. The Morgan fingerprint density at radius 2 is 2.00 bits per heavy atom. The molecule has 0 bridgehead atoms. The normalized spacial score (nSPS) is 39.5. The summed E-state index contributed by atoms with van der Waals surface area (Å²) < 4.78 is 6.12. The summed E-state index contributed by atoms with van der Waals surface area (Å²) in [7, 11) is 0. The molecule has 1 aliphatic heterocycles. The van der Waals surface area contributed by atoms with Gasteiger partial charge in [0.15, 0.2) is 0 Å². The highest BCUT2D eigenvalue weighted by Crippen LogP contribution is 2.43. The van der Waals surface area contributed by atoms with Crippen LogP contribution in [0.5, 0.6) is 0 Å². The topological polar surface area (TPSA) is 21.3 Å². The van der Waals surface area contributed by atoms with Crippen LogP contribution in [0.4, 0.5) is 0 Å². The number of rotatable bonds is 1. The third kappa shape index (κ3) is 1.09. The van der Waals surface area contributed by atoms with E-state index in [0.717, 1.165) is 5.92 Å². The second-order valence-corrected chi connectivity index (χ2v) is 4.56. The van der Waals surface area contributed by atoms with E-state index in [9.17, 15) is 0 Å². The highest BCUT2D eigenvalue weighted by molar-refractivity contribution is 4.95. The molecule has 1 heterocycles. The molecule has 1 atom stereocenters. The van der Waals surface area contributed by atoms with Gasteiger partial charge in [0.1, 0.15) is 5.72 Å². The highest BCUT2D eigenvalue weighted by Gasteiger charge is 2.45. The number of ether oxygens (including phenoxy) is 1. The molecule has 12 heavy (non-hydrogen) atoms. The molecule has 3 fully saturated rings. The minimum atomic E-state index is 0.144. The van der Waals surface area contributed by atoms with Crippen molar-refractivity contribution in [1.29, 1.82) is 0 Å². The predicted molar refractivity (Wildman–Crippen MR) is 46.8 cm³/mol. The van der Waals surface area contributed by atoms with Gasteiger partial charge in [0.05, 0.1) is 6.10 Å². The van der Waals surface area contributed by atoms with Crippen LogP contribution in [-0.4, -0.2) is 18.4 Å². The van der Waals surface area contributed by atoms with Gasteiger partial charge < -0.3 is 4.74 Å². The van der Waals surface area contributed by atoms with Gasteiger partial charge in [-0.25, -0.2) is 0 Å². The van der Waals surface area contributed by atoms with Crippen molar-refractivity contribution in [3.63, 3.8) is 0 Å². The van der Waals surface area contributed by atoms with Crippen molar-refractivity contribution < 1.29 is 4.74 Å². The summed E-state index contributed by atoms with van der Waals surface area (Å²) in [6.07, 6.45) is 8.52. The summed E-state index contributed by atoms with van der Waals surface area (Å²) >= 11 is 0. The third-order valence-corrected chi connectivity index (χ3v) is 3.56. The maximum absolute atomic E-state index is 6.12. The summed E-state index contributed by atoms with van der Waals surface area (Å²) in [6.45, 7) is 1.18. The maximum Gasteiger partial charge on any atom is 0.119 e. The zero-order valence-corrected chi connectivity index (χ0v) is 7.51. The smallest absolute Gasteiger partial charge is 0.119 e. The van der Waals surface area contributed by atoms with Gasteiger partial charge in [-0.15, -0.1) is 0 Å². The molecule has 0 aromatic carbocycles. The Morgan fingerprint density at radius 3 is 2.58 bits per heavy atom. The van der Waals surface area contributed by atoms with Gasteiger partial charge in [-0.2, -0.15) is 0 Å². The fourth-order valence-electron chi connectivity index (χ4n) is 2.43. The molecular weight excluding hydrogens is 150 g/mol. The fourth-order valence-corrected chi connectivity index (χ4v) is 2.43. The van der Waals surface area contributed by atoms with Gasteiger partial charge in [-0.3, -0.25) is 5.32 Å². The Kier molecular flexibility index (Phi) is 1.50. The lowest BCUT2D eigenvalue weighted by atomic mass is 9.86. The van der Waals surface area contributed by atoms with Crippen molar-refractivity contribution in [3.05, 3.63) is 0 Å². The first-order valence-corrected chi connectivity index (χ1v) is 5.31. The van der Waals surface area contributed by atoms with E-state index in [1.165, 1.54) is 45.1 Å². The van der Waals surface area contributed by atoms with Gasteiger partial charge >= 0.3 is 0 Å². The lowest BCUT2D eigenvalue weighted by Crippen LogP contribution is -2.59. The highest BCUT2D eigenvalue weighted by atomic mass is 16.5. The van der Waals surface area contributed by atoms with Gasteiger partial charge in [-0.05, 0) is 44.4 Å². The Morgan fingerprint density at radius 1 is 1.17 bits per heavy atom. The molecule has 2 heteroatoms. The molecule has 1 saturated heterocycles. The number of nitrogens with one attached hydrogen (secondary N) is 1. The molecule has 3 rings (SSSR count). The van der Waals surface area contributed by atoms with Gasteiger partial charge in [0.2, 0.25) is 0 Å². The average Bonchev–Trinajstić information content (AvgIpc) is 2.84. The first-order chi connectivity index (χ1) is 5.88. The van der Waals surface area contributed by atoms with E-state index < -0.39 is 0 Å². The van der Waals surface area contributed by atoms with Crippen LogP contribution in [0.15, 0.2) is 0 Å². The molecule has 3 aliphatic rings. The van der Waals surface area contributed by atoms with Crippen LogP contribution in [-0.2, 0) is 4.74 Å². The van der Waals surface area contributed by atoms with E-state index in [2.05, 4.69) is 5.32 Å². The summed E-state index contributed by atoms with van der Waals surface area (Å²) in [5.41, 5.74) is 0.144. The first kappa shape index (κ1) is 7.34. The predicted octanol–water partition coefficient (Wildman–Crippen LogP) is 1.66. The van der Waals surface area contributed by atoms with E-state index in [1.807, 2.05) is 0 Å².